The Morgan fingerprint density at radius 3 is 2.61 bits per heavy atom. The van der Waals surface area contributed by atoms with E-state index in [0.717, 1.165) is 18.7 Å². The Bertz CT molecular complexity index is 701. The van der Waals surface area contributed by atoms with Gasteiger partial charge in [-0.15, -0.1) is 0 Å². The number of carboxylic acid groups (broad SMARTS) is 1. The molecule has 118 valence electrons. The molecule has 6 heteroatoms. The summed E-state index contributed by atoms with van der Waals surface area (Å²) >= 11 is 0. The van der Waals surface area contributed by atoms with Crippen molar-refractivity contribution in [2.24, 2.45) is 0 Å². The lowest BCUT2D eigenvalue weighted by Crippen LogP contribution is -2.37. The SMILES string of the molecule is O=C(O)c1ccc(N2CCC(NC(=O)c3cccnc3)C2)cc1. The van der Waals surface area contributed by atoms with E-state index >= 15 is 0 Å². The molecule has 1 aliphatic rings. The maximum atomic E-state index is 12.1. The van der Waals surface area contributed by atoms with Gasteiger partial charge in [-0.3, -0.25) is 9.78 Å². The van der Waals surface area contributed by atoms with Crippen LogP contribution in [0.1, 0.15) is 27.1 Å². The minimum Gasteiger partial charge on any atom is -0.478 e. The quantitative estimate of drug-likeness (QED) is 0.899. The number of carbonyl (C=O) groups excluding carboxylic acids is 1. The molecule has 0 radical (unpaired) electrons. The number of hydrogen-bond donors (Lipinski definition) is 2. The predicted octanol–water partition coefficient (Wildman–Crippen LogP) is 1.79. The Balaban J connectivity index is 1.60. The summed E-state index contributed by atoms with van der Waals surface area (Å²) in [4.78, 5) is 29.1. The Morgan fingerprint density at radius 1 is 1.17 bits per heavy atom. The van der Waals surface area contributed by atoms with Crippen molar-refractivity contribution in [3.8, 4) is 0 Å². The number of hydrogen-bond acceptors (Lipinski definition) is 4. The molecule has 2 N–H and O–H groups in total. The van der Waals surface area contributed by atoms with Crippen LogP contribution in [-0.2, 0) is 0 Å². The van der Waals surface area contributed by atoms with Gasteiger partial charge in [-0.25, -0.2) is 4.79 Å². The van der Waals surface area contributed by atoms with Gasteiger partial charge in [0, 0.05) is 37.2 Å². The molecule has 0 bridgehead atoms. The average molecular weight is 311 g/mol. The monoisotopic (exact) mass is 311 g/mol. The van der Waals surface area contributed by atoms with Crippen molar-refractivity contribution in [1.29, 1.82) is 0 Å². The molecule has 1 unspecified atom stereocenters. The van der Waals surface area contributed by atoms with Crippen LogP contribution in [0.4, 0.5) is 5.69 Å². The number of aromatic nitrogens is 1. The van der Waals surface area contributed by atoms with Gasteiger partial charge in [-0.1, -0.05) is 0 Å². The molecule has 0 aliphatic carbocycles. The summed E-state index contributed by atoms with van der Waals surface area (Å²) in [5, 5.41) is 11.9. The van der Waals surface area contributed by atoms with Crippen molar-refractivity contribution in [1.82, 2.24) is 10.3 Å². The fourth-order valence-corrected chi connectivity index (χ4v) is 2.69. The van der Waals surface area contributed by atoms with E-state index in [-0.39, 0.29) is 17.5 Å². The number of carboxylic acids is 1. The number of pyridine rings is 1. The Kier molecular flexibility index (Phi) is 4.23. The van der Waals surface area contributed by atoms with Crippen molar-refractivity contribution < 1.29 is 14.7 Å². The van der Waals surface area contributed by atoms with Crippen LogP contribution < -0.4 is 10.2 Å². The van der Waals surface area contributed by atoms with Crippen LogP contribution in [0, 0.1) is 0 Å². The molecule has 1 aliphatic heterocycles. The zero-order chi connectivity index (χ0) is 16.2. The van der Waals surface area contributed by atoms with E-state index in [1.807, 2.05) is 0 Å². The summed E-state index contributed by atoms with van der Waals surface area (Å²) < 4.78 is 0. The zero-order valence-electron chi connectivity index (χ0n) is 12.5. The van der Waals surface area contributed by atoms with Crippen LogP contribution >= 0.6 is 0 Å². The molecular formula is C17H17N3O3. The molecule has 2 heterocycles. The van der Waals surface area contributed by atoms with Gasteiger partial charge in [0.2, 0.25) is 0 Å². The molecule has 3 rings (SSSR count). The van der Waals surface area contributed by atoms with E-state index in [4.69, 9.17) is 5.11 Å². The molecule has 1 saturated heterocycles. The number of carbonyl (C=O) groups is 2. The Labute approximate surface area is 133 Å². The fraction of sp³-hybridized carbons (Fsp3) is 0.235. The van der Waals surface area contributed by atoms with Gasteiger partial charge in [-0.05, 0) is 42.8 Å². The first-order valence-electron chi connectivity index (χ1n) is 7.42. The Hall–Kier alpha value is -2.89. The summed E-state index contributed by atoms with van der Waals surface area (Å²) in [5.41, 5.74) is 1.79. The summed E-state index contributed by atoms with van der Waals surface area (Å²) in [7, 11) is 0. The number of nitrogens with zero attached hydrogens (tertiary/aromatic N) is 2. The van der Waals surface area contributed by atoms with Crippen LogP contribution in [0.2, 0.25) is 0 Å². The maximum Gasteiger partial charge on any atom is 0.335 e. The first-order chi connectivity index (χ1) is 11.1. The second-order valence-corrected chi connectivity index (χ2v) is 5.50. The van der Waals surface area contributed by atoms with E-state index in [0.29, 0.717) is 12.1 Å². The largest absolute Gasteiger partial charge is 0.478 e. The lowest BCUT2D eigenvalue weighted by atomic mass is 10.2. The molecular weight excluding hydrogens is 294 g/mol. The van der Waals surface area contributed by atoms with Crippen LogP contribution in [0.3, 0.4) is 0 Å². The van der Waals surface area contributed by atoms with Gasteiger partial charge in [-0.2, -0.15) is 0 Å². The van der Waals surface area contributed by atoms with E-state index in [2.05, 4.69) is 15.2 Å². The van der Waals surface area contributed by atoms with Crippen molar-refractivity contribution in [3.05, 3.63) is 59.9 Å². The lowest BCUT2D eigenvalue weighted by Gasteiger charge is -2.19. The fourth-order valence-electron chi connectivity index (χ4n) is 2.69. The van der Waals surface area contributed by atoms with Crippen LogP contribution in [-0.4, -0.2) is 41.1 Å². The highest BCUT2D eigenvalue weighted by atomic mass is 16.4. The molecule has 6 nitrogen and oxygen atoms in total. The highest BCUT2D eigenvalue weighted by molar-refractivity contribution is 5.94. The Morgan fingerprint density at radius 2 is 1.96 bits per heavy atom. The third-order valence-electron chi connectivity index (χ3n) is 3.93. The summed E-state index contributed by atoms with van der Waals surface area (Å²) in [6.45, 7) is 1.53. The molecule has 0 spiro atoms. The van der Waals surface area contributed by atoms with E-state index < -0.39 is 5.97 Å². The first kappa shape index (κ1) is 15.0. The third-order valence-corrected chi connectivity index (χ3v) is 3.93. The van der Waals surface area contributed by atoms with Crippen molar-refractivity contribution >= 4 is 17.6 Å². The highest BCUT2D eigenvalue weighted by Gasteiger charge is 2.24. The maximum absolute atomic E-state index is 12.1. The second-order valence-electron chi connectivity index (χ2n) is 5.50. The predicted molar refractivity (Wildman–Crippen MR) is 85.7 cm³/mol. The molecule has 1 aromatic carbocycles. The second kappa shape index (κ2) is 6.48. The molecule has 1 amide bonds. The average Bonchev–Trinajstić information content (AvgIpc) is 3.04. The molecule has 1 aromatic heterocycles. The van der Waals surface area contributed by atoms with Crippen molar-refractivity contribution in [2.75, 3.05) is 18.0 Å². The number of rotatable bonds is 4. The van der Waals surface area contributed by atoms with Gasteiger partial charge in [0.25, 0.3) is 5.91 Å². The molecule has 1 fully saturated rings. The molecule has 0 saturated carbocycles. The zero-order valence-corrected chi connectivity index (χ0v) is 12.5. The van der Waals surface area contributed by atoms with E-state index in [1.165, 1.54) is 0 Å². The normalized spacial score (nSPS) is 17.0. The lowest BCUT2D eigenvalue weighted by molar-refractivity contribution is 0.0696. The van der Waals surface area contributed by atoms with Crippen LogP contribution in [0.25, 0.3) is 0 Å². The van der Waals surface area contributed by atoms with Crippen LogP contribution in [0.15, 0.2) is 48.8 Å². The number of nitrogens with one attached hydrogen (secondary N) is 1. The number of anilines is 1. The summed E-state index contributed by atoms with van der Waals surface area (Å²) in [6.07, 6.45) is 4.04. The summed E-state index contributed by atoms with van der Waals surface area (Å²) in [5.74, 6) is -1.05. The number of benzene rings is 1. The van der Waals surface area contributed by atoms with Crippen molar-refractivity contribution in [2.45, 2.75) is 12.5 Å². The smallest absolute Gasteiger partial charge is 0.335 e. The molecule has 23 heavy (non-hydrogen) atoms. The summed E-state index contributed by atoms with van der Waals surface area (Å²) in [6, 6.07) is 10.3. The van der Waals surface area contributed by atoms with Gasteiger partial charge in [0.05, 0.1) is 11.1 Å². The minimum atomic E-state index is -0.931. The highest BCUT2D eigenvalue weighted by Crippen LogP contribution is 2.21. The van der Waals surface area contributed by atoms with Crippen molar-refractivity contribution in [3.63, 3.8) is 0 Å². The standard InChI is InChI=1S/C17H17N3O3/c21-16(13-2-1-8-18-10-13)19-14-7-9-20(11-14)15-5-3-12(4-6-15)17(22)23/h1-6,8,10,14H,7,9,11H2,(H,19,21)(H,22,23). The minimum absolute atomic E-state index is 0.0712. The van der Waals surface area contributed by atoms with E-state index in [9.17, 15) is 9.59 Å². The number of amides is 1. The van der Waals surface area contributed by atoms with Gasteiger partial charge in [0.15, 0.2) is 0 Å². The first-order valence-corrected chi connectivity index (χ1v) is 7.42. The molecule has 1 atom stereocenters. The van der Waals surface area contributed by atoms with Gasteiger partial charge < -0.3 is 15.3 Å². The van der Waals surface area contributed by atoms with Crippen LogP contribution in [0.5, 0.6) is 0 Å². The van der Waals surface area contributed by atoms with Gasteiger partial charge >= 0.3 is 5.97 Å². The van der Waals surface area contributed by atoms with E-state index in [1.54, 1.807) is 48.8 Å². The third kappa shape index (κ3) is 3.48. The molecule has 2 aromatic rings. The number of aromatic carboxylic acids is 1. The van der Waals surface area contributed by atoms with Gasteiger partial charge in [0.1, 0.15) is 0 Å². The topological polar surface area (TPSA) is 82.5 Å².